The van der Waals surface area contributed by atoms with E-state index in [1.165, 1.54) is 0 Å². The number of aliphatic hydroxyl groups excluding tert-OH is 2. The molecule has 0 fully saturated rings. The summed E-state index contributed by atoms with van der Waals surface area (Å²) in [4.78, 5) is 16.3. The maximum absolute atomic E-state index is 12.1. The SMILES string of the molecule is CC(CO)(CO)NC(=O)c1ccc(-c2cccc(N)n2)cc1. The lowest BCUT2D eigenvalue weighted by molar-refractivity contribution is 0.0724. The van der Waals surface area contributed by atoms with Crippen molar-refractivity contribution in [2.75, 3.05) is 18.9 Å². The molecule has 0 aliphatic heterocycles. The smallest absolute Gasteiger partial charge is 0.251 e. The van der Waals surface area contributed by atoms with Crippen LogP contribution in [0, 0.1) is 0 Å². The first-order chi connectivity index (χ1) is 10.5. The van der Waals surface area contributed by atoms with E-state index in [-0.39, 0.29) is 19.1 Å². The van der Waals surface area contributed by atoms with Crippen molar-refractivity contribution in [1.82, 2.24) is 10.3 Å². The zero-order valence-electron chi connectivity index (χ0n) is 12.3. The fourth-order valence-corrected chi connectivity index (χ4v) is 1.88. The second kappa shape index (κ2) is 6.55. The number of amides is 1. The molecule has 2 aromatic rings. The number of nitrogen functional groups attached to an aromatic ring is 1. The largest absolute Gasteiger partial charge is 0.394 e. The highest BCUT2D eigenvalue weighted by atomic mass is 16.3. The van der Waals surface area contributed by atoms with Crippen LogP contribution in [-0.4, -0.2) is 39.9 Å². The molecule has 0 atom stereocenters. The standard InChI is InChI=1S/C16H19N3O3/c1-16(9-20,10-21)19-15(22)12-7-5-11(6-8-12)13-3-2-4-14(17)18-13/h2-8,20-21H,9-10H2,1H3,(H2,17,18)(H,19,22). The maximum atomic E-state index is 12.1. The van der Waals surface area contributed by atoms with Gasteiger partial charge in [0.25, 0.3) is 5.91 Å². The van der Waals surface area contributed by atoms with E-state index < -0.39 is 5.54 Å². The van der Waals surface area contributed by atoms with Crippen LogP contribution in [0.3, 0.4) is 0 Å². The lowest BCUT2D eigenvalue weighted by atomic mass is 10.0. The van der Waals surface area contributed by atoms with E-state index in [0.717, 1.165) is 11.3 Å². The predicted molar refractivity (Wildman–Crippen MR) is 84.1 cm³/mol. The van der Waals surface area contributed by atoms with Gasteiger partial charge in [0.15, 0.2) is 0 Å². The van der Waals surface area contributed by atoms with Crippen molar-refractivity contribution in [2.24, 2.45) is 0 Å². The number of aliphatic hydroxyl groups is 2. The van der Waals surface area contributed by atoms with Gasteiger partial charge in [-0.1, -0.05) is 18.2 Å². The quantitative estimate of drug-likeness (QED) is 0.653. The number of carbonyl (C=O) groups is 1. The molecule has 0 spiro atoms. The third-order valence-corrected chi connectivity index (χ3v) is 3.33. The summed E-state index contributed by atoms with van der Waals surface area (Å²) >= 11 is 0. The van der Waals surface area contributed by atoms with E-state index >= 15 is 0 Å². The van der Waals surface area contributed by atoms with Crippen molar-refractivity contribution in [3.05, 3.63) is 48.0 Å². The van der Waals surface area contributed by atoms with Crippen molar-refractivity contribution >= 4 is 11.7 Å². The van der Waals surface area contributed by atoms with Gasteiger partial charge in [0.2, 0.25) is 0 Å². The molecular weight excluding hydrogens is 282 g/mol. The summed E-state index contributed by atoms with van der Waals surface area (Å²) in [7, 11) is 0. The highest BCUT2D eigenvalue weighted by Gasteiger charge is 2.25. The average Bonchev–Trinajstić information content (AvgIpc) is 2.55. The van der Waals surface area contributed by atoms with Crippen molar-refractivity contribution in [3.63, 3.8) is 0 Å². The molecular formula is C16H19N3O3. The molecule has 0 saturated heterocycles. The molecule has 0 radical (unpaired) electrons. The first-order valence-corrected chi connectivity index (χ1v) is 6.84. The molecule has 1 amide bonds. The van der Waals surface area contributed by atoms with Crippen molar-refractivity contribution < 1.29 is 15.0 Å². The Morgan fingerprint density at radius 3 is 2.36 bits per heavy atom. The van der Waals surface area contributed by atoms with Gasteiger partial charge in [0.1, 0.15) is 5.82 Å². The van der Waals surface area contributed by atoms with E-state index in [2.05, 4.69) is 10.3 Å². The Morgan fingerprint density at radius 1 is 1.18 bits per heavy atom. The number of nitrogens with one attached hydrogen (secondary N) is 1. The van der Waals surface area contributed by atoms with Crippen LogP contribution < -0.4 is 11.1 Å². The second-order valence-corrected chi connectivity index (χ2v) is 5.36. The van der Waals surface area contributed by atoms with Gasteiger partial charge in [-0.25, -0.2) is 4.98 Å². The minimum Gasteiger partial charge on any atom is -0.394 e. The van der Waals surface area contributed by atoms with Crippen LogP contribution in [0.1, 0.15) is 17.3 Å². The van der Waals surface area contributed by atoms with Gasteiger partial charge in [-0.3, -0.25) is 4.79 Å². The Morgan fingerprint density at radius 2 is 1.82 bits per heavy atom. The molecule has 116 valence electrons. The average molecular weight is 301 g/mol. The summed E-state index contributed by atoms with van der Waals surface area (Å²) in [6, 6.07) is 12.2. The summed E-state index contributed by atoms with van der Waals surface area (Å²) in [5.41, 5.74) is 6.60. The molecule has 6 heteroatoms. The Bertz CT molecular complexity index is 652. The number of anilines is 1. The van der Waals surface area contributed by atoms with Gasteiger partial charge >= 0.3 is 0 Å². The summed E-state index contributed by atoms with van der Waals surface area (Å²) in [6.07, 6.45) is 0. The Kier molecular flexibility index (Phi) is 4.75. The Balaban J connectivity index is 2.17. The van der Waals surface area contributed by atoms with Gasteiger partial charge in [-0.15, -0.1) is 0 Å². The zero-order valence-corrected chi connectivity index (χ0v) is 12.3. The molecule has 6 nitrogen and oxygen atoms in total. The van der Waals surface area contributed by atoms with Gasteiger partial charge in [-0.2, -0.15) is 0 Å². The molecule has 2 rings (SSSR count). The molecule has 22 heavy (non-hydrogen) atoms. The third-order valence-electron chi connectivity index (χ3n) is 3.33. The highest BCUT2D eigenvalue weighted by molar-refractivity contribution is 5.95. The monoisotopic (exact) mass is 301 g/mol. The lowest BCUT2D eigenvalue weighted by Gasteiger charge is -2.26. The molecule has 0 bridgehead atoms. The van der Waals surface area contributed by atoms with Crippen molar-refractivity contribution in [2.45, 2.75) is 12.5 Å². The molecule has 0 aliphatic rings. The summed E-state index contributed by atoms with van der Waals surface area (Å²) in [5.74, 6) is 0.0682. The normalized spacial score (nSPS) is 11.2. The minimum absolute atomic E-state index is 0.347. The van der Waals surface area contributed by atoms with Crippen LogP contribution >= 0.6 is 0 Å². The molecule has 0 unspecified atom stereocenters. The molecule has 0 saturated carbocycles. The molecule has 1 aromatic heterocycles. The number of pyridine rings is 1. The Labute approximate surface area is 128 Å². The molecule has 1 heterocycles. The van der Waals surface area contributed by atoms with Gasteiger partial charge in [0, 0.05) is 11.1 Å². The number of hydrogen-bond donors (Lipinski definition) is 4. The lowest BCUT2D eigenvalue weighted by Crippen LogP contribution is -2.51. The molecule has 0 aliphatic carbocycles. The van der Waals surface area contributed by atoms with E-state index in [9.17, 15) is 15.0 Å². The van der Waals surface area contributed by atoms with Gasteiger partial charge in [0.05, 0.1) is 24.4 Å². The van der Waals surface area contributed by atoms with Crippen LogP contribution in [0.5, 0.6) is 0 Å². The molecule has 5 N–H and O–H groups in total. The number of benzene rings is 1. The fraction of sp³-hybridized carbons (Fsp3) is 0.250. The summed E-state index contributed by atoms with van der Waals surface area (Å²) in [6.45, 7) is 0.872. The van der Waals surface area contributed by atoms with Crippen LogP contribution in [0.15, 0.2) is 42.5 Å². The fourth-order valence-electron chi connectivity index (χ4n) is 1.88. The van der Waals surface area contributed by atoms with Crippen LogP contribution in [0.2, 0.25) is 0 Å². The number of carbonyl (C=O) groups excluding carboxylic acids is 1. The van der Waals surface area contributed by atoms with Crippen LogP contribution in [-0.2, 0) is 0 Å². The summed E-state index contributed by atoms with van der Waals surface area (Å²) in [5, 5.41) is 21.0. The second-order valence-electron chi connectivity index (χ2n) is 5.36. The van der Waals surface area contributed by atoms with E-state index in [1.54, 1.807) is 37.3 Å². The summed E-state index contributed by atoms with van der Waals surface area (Å²) < 4.78 is 0. The Hall–Kier alpha value is -2.44. The molecule has 1 aromatic carbocycles. The first kappa shape index (κ1) is 15.9. The van der Waals surface area contributed by atoms with Crippen molar-refractivity contribution in [3.8, 4) is 11.3 Å². The minimum atomic E-state index is -1.05. The van der Waals surface area contributed by atoms with E-state index in [4.69, 9.17) is 5.73 Å². The number of rotatable bonds is 5. The number of nitrogens with two attached hydrogens (primary N) is 1. The van der Waals surface area contributed by atoms with Crippen molar-refractivity contribution in [1.29, 1.82) is 0 Å². The first-order valence-electron chi connectivity index (χ1n) is 6.84. The van der Waals surface area contributed by atoms with Crippen LogP contribution in [0.4, 0.5) is 5.82 Å². The van der Waals surface area contributed by atoms with Gasteiger partial charge in [-0.05, 0) is 31.2 Å². The number of nitrogens with zero attached hydrogens (tertiary/aromatic N) is 1. The van der Waals surface area contributed by atoms with Crippen LogP contribution in [0.25, 0.3) is 11.3 Å². The highest BCUT2D eigenvalue weighted by Crippen LogP contribution is 2.18. The topological polar surface area (TPSA) is 108 Å². The van der Waals surface area contributed by atoms with Gasteiger partial charge < -0.3 is 21.3 Å². The number of hydrogen-bond acceptors (Lipinski definition) is 5. The number of aromatic nitrogens is 1. The van der Waals surface area contributed by atoms with E-state index in [0.29, 0.717) is 11.4 Å². The third kappa shape index (κ3) is 3.60. The predicted octanol–water partition coefficient (Wildman–Crippen LogP) is 0.804. The maximum Gasteiger partial charge on any atom is 0.251 e. The van der Waals surface area contributed by atoms with E-state index in [1.807, 2.05) is 12.1 Å². The zero-order chi connectivity index (χ0) is 16.2.